The van der Waals surface area contributed by atoms with Gasteiger partial charge in [0.05, 0.1) is 0 Å². The van der Waals surface area contributed by atoms with Crippen molar-refractivity contribution in [2.45, 2.75) is 32.1 Å². The summed E-state index contributed by atoms with van der Waals surface area (Å²) in [6.45, 7) is 2.20. The number of carboxylic acids is 1. The van der Waals surface area contributed by atoms with Crippen LogP contribution < -0.4 is 5.32 Å². The SMILES string of the molecule is CSCCCNC(=O)N1CCCC(CCC(=O)O)C1. The Morgan fingerprint density at radius 3 is 2.95 bits per heavy atom. The lowest BCUT2D eigenvalue weighted by Gasteiger charge is -2.32. The van der Waals surface area contributed by atoms with Crippen LogP contribution in [0.2, 0.25) is 0 Å². The topological polar surface area (TPSA) is 69.6 Å². The van der Waals surface area contributed by atoms with E-state index in [0.717, 1.165) is 38.1 Å². The third-order valence-corrected chi connectivity index (χ3v) is 4.07. The Kier molecular flexibility index (Phi) is 7.70. The van der Waals surface area contributed by atoms with E-state index in [2.05, 4.69) is 11.6 Å². The molecule has 1 fully saturated rings. The molecule has 0 aliphatic carbocycles. The number of carbonyl (C=O) groups excluding carboxylic acids is 1. The molecule has 0 spiro atoms. The van der Waals surface area contributed by atoms with E-state index < -0.39 is 5.97 Å². The van der Waals surface area contributed by atoms with Crippen molar-refractivity contribution in [2.75, 3.05) is 31.6 Å². The van der Waals surface area contributed by atoms with Crippen LogP contribution in [0.25, 0.3) is 0 Å². The third kappa shape index (κ3) is 6.71. The number of piperidine rings is 1. The average Bonchev–Trinajstić information content (AvgIpc) is 2.41. The second-order valence-corrected chi connectivity index (χ2v) is 5.95. The van der Waals surface area contributed by atoms with Gasteiger partial charge >= 0.3 is 12.0 Å². The highest BCUT2D eigenvalue weighted by Crippen LogP contribution is 2.20. The molecular weight excluding hydrogens is 264 g/mol. The van der Waals surface area contributed by atoms with Crippen LogP contribution in [0.3, 0.4) is 0 Å². The lowest BCUT2D eigenvalue weighted by Crippen LogP contribution is -2.45. The number of amides is 2. The zero-order valence-corrected chi connectivity index (χ0v) is 12.4. The molecule has 1 aliphatic heterocycles. The molecule has 5 nitrogen and oxygen atoms in total. The summed E-state index contributed by atoms with van der Waals surface area (Å²) < 4.78 is 0. The van der Waals surface area contributed by atoms with E-state index in [0.29, 0.717) is 18.9 Å². The molecule has 1 saturated heterocycles. The molecule has 2 amide bonds. The zero-order valence-electron chi connectivity index (χ0n) is 11.6. The molecule has 1 unspecified atom stereocenters. The minimum atomic E-state index is -0.751. The molecule has 1 aliphatic rings. The number of aliphatic carboxylic acids is 1. The van der Waals surface area contributed by atoms with Gasteiger partial charge in [0.15, 0.2) is 0 Å². The van der Waals surface area contributed by atoms with Crippen LogP contribution in [0.1, 0.15) is 32.1 Å². The lowest BCUT2D eigenvalue weighted by molar-refractivity contribution is -0.137. The molecule has 0 aromatic rings. The first-order valence-corrected chi connectivity index (χ1v) is 8.26. The predicted octanol–water partition coefficient (Wildman–Crippen LogP) is 2.03. The average molecular weight is 288 g/mol. The highest BCUT2D eigenvalue weighted by atomic mass is 32.2. The van der Waals surface area contributed by atoms with Crippen molar-refractivity contribution in [1.82, 2.24) is 10.2 Å². The van der Waals surface area contributed by atoms with Crippen LogP contribution in [-0.4, -0.2) is 53.6 Å². The van der Waals surface area contributed by atoms with Gasteiger partial charge in [-0.1, -0.05) is 0 Å². The minimum absolute atomic E-state index is 0.00104. The second kappa shape index (κ2) is 9.07. The van der Waals surface area contributed by atoms with Crippen LogP contribution in [0, 0.1) is 5.92 Å². The molecule has 1 atom stereocenters. The first-order chi connectivity index (χ1) is 9.13. The summed E-state index contributed by atoms with van der Waals surface area (Å²) in [5, 5.41) is 11.6. The van der Waals surface area contributed by atoms with Crippen molar-refractivity contribution in [3.05, 3.63) is 0 Å². The minimum Gasteiger partial charge on any atom is -0.481 e. The zero-order chi connectivity index (χ0) is 14.1. The lowest BCUT2D eigenvalue weighted by atomic mass is 9.93. The van der Waals surface area contributed by atoms with Gasteiger partial charge in [-0.15, -0.1) is 0 Å². The molecule has 0 aromatic heterocycles. The molecule has 6 heteroatoms. The maximum Gasteiger partial charge on any atom is 0.317 e. The maximum absolute atomic E-state index is 11.9. The monoisotopic (exact) mass is 288 g/mol. The van der Waals surface area contributed by atoms with Crippen LogP contribution >= 0.6 is 11.8 Å². The molecule has 2 N–H and O–H groups in total. The van der Waals surface area contributed by atoms with E-state index in [1.807, 2.05) is 4.90 Å². The Bertz CT molecular complexity index is 300. The van der Waals surface area contributed by atoms with Gasteiger partial charge in [-0.25, -0.2) is 4.79 Å². The number of carbonyl (C=O) groups is 2. The van der Waals surface area contributed by atoms with Crippen molar-refractivity contribution in [3.63, 3.8) is 0 Å². The van der Waals surface area contributed by atoms with Gasteiger partial charge in [-0.2, -0.15) is 11.8 Å². The summed E-state index contributed by atoms with van der Waals surface area (Å²) in [5.74, 6) is 0.641. The van der Waals surface area contributed by atoms with E-state index >= 15 is 0 Å². The smallest absolute Gasteiger partial charge is 0.317 e. The van der Waals surface area contributed by atoms with Crippen LogP contribution in [0.15, 0.2) is 0 Å². The van der Waals surface area contributed by atoms with Gasteiger partial charge < -0.3 is 15.3 Å². The summed E-state index contributed by atoms with van der Waals surface area (Å²) in [5.41, 5.74) is 0. The summed E-state index contributed by atoms with van der Waals surface area (Å²) in [6.07, 6.45) is 5.92. The normalized spacial score (nSPS) is 19.2. The summed E-state index contributed by atoms with van der Waals surface area (Å²) >= 11 is 1.78. The molecule has 0 bridgehead atoms. The van der Waals surface area contributed by atoms with Crippen molar-refractivity contribution < 1.29 is 14.7 Å². The molecule has 1 heterocycles. The number of nitrogens with one attached hydrogen (secondary N) is 1. The number of rotatable bonds is 7. The molecule has 0 aromatic carbocycles. The fourth-order valence-corrected chi connectivity index (χ4v) is 2.77. The van der Waals surface area contributed by atoms with E-state index in [1.165, 1.54) is 0 Å². The first kappa shape index (κ1) is 16.1. The van der Waals surface area contributed by atoms with Gasteiger partial charge in [0.2, 0.25) is 0 Å². The highest BCUT2D eigenvalue weighted by molar-refractivity contribution is 7.98. The molecule has 1 rings (SSSR count). The van der Waals surface area contributed by atoms with Gasteiger partial charge in [0.25, 0.3) is 0 Å². The Hall–Kier alpha value is -0.910. The first-order valence-electron chi connectivity index (χ1n) is 6.87. The Morgan fingerprint density at radius 2 is 2.26 bits per heavy atom. The Labute approximate surface area is 119 Å². The van der Waals surface area contributed by atoms with Gasteiger partial charge in [0.1, 0.15) is 0 Å². The highest BCUT2D eigenvalue weighted by Gasteiger charge is 2.23. The number of hydrogen-bond acceptors (Lipinski definition) is 3. The van der Waals surface area contributed by atoms with Crippen molar-refractivity contribution in [3.8, 4) is 0 Å². The number of hydrogen-bond donors (Lipinski definition) is 2. The Balaban J connectivity index is 2.24. The fourth-order valence-electron chi connectivity index (χ4n) is 2.34. The van der Waals surface area contributed by atoms with Crippen molar-refractivity contribution >= 4 is 23.8 Å². The molecule has 110 valence electrons. The van der Waals surface area contributed by atoms with Crippen molar-refractivity contribution in [1.29, 1.82) is 0 Å². The van der Waals surface area contributed by atoms with E-state index in [-0.39, 0.29) is 12.5 Å². The number of nitrogens with zero attached hydrogens (tertiary/aromatic N) is 1. The van der Waals surface area contributed by atoms with Gasteiger partial charge in [-0.3, -0.25) is 4.79 Å². The maximum atomic E-state index is 11.9. The fraction of sp³-hybridized carbons (Fsp3) is 0.846. The van der Waals surface area contributed by atoms with Crippen LogP contribution in [0.4, 0.5) is 4.79 Å². The summed E-state index contributed by atoms with van der Waals surface area (Å²) in [4.78, 5) is 24.3. The number of thioether (sulfide) groups is 1. The van der Waals surface area contributed by atoms with Crippen LogP contribution in [0.5, 0.6) is 0 Å². The van der Waals surface area contributed by atoms with E-state index in [1.54, 1.807) is 11.8 Å². The quantitative estimate of drug-likeness (QED) is 0.703. The summed E-state index contributed by atoms with van der Waals surface area (Å²) in [6, 6.07) is 0.00104. The van der Waals surface area contributed by atoms with E-state index in [9.17, 15) is 9.59 Å². The largest absolute Gasteiger partial charge is 0.481 e. The van der Waals surface area contributed by atoms with Gasteiger partial charge in [-0.05, 0) is 43.6 Å². The number of urea groups is 1. The van der Waals surface area contributed by atoms with Gasteiger partial charge in [0, 0.05) is 26.1 Å². The van der Waals surface area contributed by atoms with Crippen molar-refractivity contribution in [2.24, 2.45) is 5.92 Å². The standard InChI is InChI=1S/C13H24N2O3S/c1-19-9-3-7-14-13(18)15-8-2-4-11(10-15)5-6-12(16)17/h11H,2-10H2,1H3,(H,14,18)(H,16,17). The van der Waals surface area contributed by atoms with E-state index in [4.69, 9.17) is 5.11 Å². The van der Waals surface area contributed by atoms with Crippen LogP contribution in [-0.2, 0) is 4.79 Å². The molecule has 0 radical (unpaired) electrons. The Morgan fingerprint density at radius 1 is 1.47 bits per heavy atom. The molecule has 0 saturated carbocycles. The number of carboxylic acid groups (broad SMARTS) is 1. The predicted molar refractivity (Wildman–Crippen MR) is 77.6 cm³/mol. The summed E-state index contributed by atoms with van der Waals surface area (Å²) in [7, 11) is 0. The third-order valence-electron chi connectivity index (χ3n) is 3.37. The molecule has 19 heavy (non-hydrogen) atoms. The molecular formula is C13H24N2O3S. The second-order valence-electron chi connectivity index (χ2n) is 4.96. The number of likely N-dealkylation sites (tertiary alicyclic amines) is 1.